The van der Waals surface area contributed by atoms with Crippen LogP contribution < -0.4 is 0 Å². The third-order valence-electron chi connectivity index (χ3n) is 0.686. The summed E-state index contributed by atoms with van der Waals surface area (Å²) in [5.74, 6) is 0. The zero-order valence-corrected chi connectivity index (χ0v) is 6.21. The van der Waals surface area contributed by atoms with Gasteiger partial charge in [0.25, 0.3) is 0 Å². The Morgan fingerprint density at radius 1 is 1.50 bits per heavy atom. The quantitative estimate of drug-likeness (QED) is 0.369. The first-order valence-corrected chi connectivity index (χ1v) is 6.14. The summed E-state index contributed by atoms with van der Waals surface area (Å²) in [6.45, 7) is 6.20. The molecule has 0 atom stereocenters. The van der Waals surface area contributed by atoms with Gasteiger partial charge in [-0.05, 0) is 6.04 Å². The lowest BCUT2D eigenvalue weighted by Gasteiger charge is -2.05. The van der Waals surface area contributed by atoms with E-state index in [0.717, 1.165) is 0 Å². The SMILES string of the molecule is C[CH][Si](C)(C)Cl. The van der Waals surface area contributed by atoms with E-state index in [1.54, 1.807) is 0 Å². The molecule has 0 unspecified atom stereocenters. The summed E-state index contributed by atoms with van der Waals surface area (Å²) in [5, 5.41) is 0. The molecule has 0 aliphatic carbocycles. The molecule has 0 rings (SSSR count). The zero-order chi connectivity index (χ0) is 5.21. The molecule has 0 heterocycles. The molecule has 0 bridgehead atoms. The molecule has 0 aromatic carbocycles. The largest absolute Gasteiger partial charge is 0.167 e. The summed E-state index contributed by atoms with van der Waals surface area (Å²) in [7, 11) is -1.28. The monoisotopic (exact) mass is 121 g/mol. The molecule has 1 radical (unpaired) electrons. The van der Waals surface area contributed by atoms with E-state index < -0.39 is 7.38 Å². The highest BCUT2D eigenvalue weighted by Gasteiger charge is 2.11. The fourth-order valence-electron chi connectivity index (χ4n) is 0. The summed E-state index contributed by atoms with van der Waals surface area (Å²) >= 11 is 5.80. The van der Waals surface area contributed by atoms with Crippen molar-refractivity contribution < 1.29 is 0 Å². The van der Waals surface area contributed by atoms with Crippen LogP contribution in [-0.4, -0.2) is 7.38 Å². The Hall–Kier alpha value is 0.507. The lowest BCUT2D eigenvalue weighted by Crippen LogP contribution is -2.14. The van der Waals surface area contributed by atoms with E-state index in [0.29, 0.717) is 0 Å². The highest BCUT2D eigenvalue weighted by atomic mass is 35.6. The molecule has 0 amide bonds. The third-order valence-corrected chi connectivity index (χ3v) is 2.71. The molecule has 0 aromatic heterocycles. The van der Waals surface area contributed by atoms with Crippen LogP contribution in [0.2, 0.25) is 13.1 Å². The maximum absolute atomic E-state index is 5.80. The molecule has 0 saturated heterocycles. The van der Waals surface area contributed by atoms with Gasteiger partial charge in [-0.2, -0.15) is 11.1 Å². The Kier molecular flexibility index (Phi) is 2.15. The first-order chi connectivity index (χ1) is 2.56. The smallest absolute Gasteiger partial charge is 0.153 e. The highest BCUT2D eigenvalue weighted by molar-refractivity contribution is 7.21. The van der Waals surface area contributed by atoms with Crippen LogP contribution in [0.25, 0.3) is 0 Å². The first kappa shape index (κ1) is 6.51. The van der Waals surface area contributed by atoms with Gasteiger partial charge in [0, 0.05) is 0 Å². The summed E-state index contributed by atoms with van der Waals surface area (Å²) in [5.41, 5.74) is 0. The topological polar surface area (TPSA) is 0 Å². The number of rotatable bonds is 1. The highest BCUT2D eigenvalue weighted by Crippen LogP contribution is 2.08. The Balaban J connectivity index is 3.17. The van der Waals surface area contributed by atoms with Gasteiger partial charge in [0.05, 0.1) is 0 Å². The zero-order valence-electron chi connectivity index (χ0n) is 4.46. The van der Waals surface area contributed by atoms with E-state index in [9.17, 15) is 0 Å². The van der Waals surface area contributed by atoms with Gasteiger partial charge in [-0.1, -0.05) is 20.0 Å². The van der Waals surface area contributed by atoms with Crippen LogP contribution in [0.5, 0.6) is 0 Å². The van der Waals surface area contributed by atoms with E-state index in [1.807, 2.05) is 6.92 Å². The van der Waals surface area contributed by atoms with Gasteiger partial charge in [-0.15, -0.1) is 0 Å². The summed E-state index contributed by atoms with van der Waals surface area (Å²) in [4.78, 5) is 0. The van der Waals surface area contributed by atoms with Crippen molar-refractivity contribution in [2.45, 2.75) is 20.0 Å². The van der Waals surface area contributed by atoms with E-state index in [2.05, 4.69) is 19.1 Å². The van der Waals surface area contributed by atoms with Gasteiger partial charge in [0.1, 0.15) is 0 Å². The molecular formula is C4H10ClSi. The van der Waals surface area contributed by atoms with E-state index >= 15 is 0 Å². The molecule has 0 fully saturated rings. The molecule has 37 valence electrons. The Labute approximate surface area is 45.2 Å². The van der Waals surface area contributed by atoms with Gasteiger partial charge < -0.3 is 0 Å². The molecule has 0 N–H and O–H groups in total. The van der Waals surface area contributed by atoms with Crippen LogP contribution in [0.1, 0.15) is 6.92 Å². The van der Waals surface area contributed by atoms with Crippen molar-refractivity contribution in [3.63, 3.8) is 0 Å². The van der Waals surface area contributed by atoms with Gasteiger partial charge in [-0.25, -0.2) is 0 Å². The third kappa shape index (κ3) is 4.51. The van der Waals surface area contributed by atoms with Crippen molar-refractivity contribution >= 4 is 18.5 Å². The van der Waals surface area contributed by atoms with Crippen molar-refractivity contribution in [1.82, 2.24) is 0 Å². The van der Waals surface area contributed by atoms with Crippen molar-refractivity contribution in [3.05, 3.63) is 6.04 Å². The van der Waals surface area contributed by atoms with Gasteiger partial charge in [-0.3, -0.25) is 0 Å². The Bertz CT molecular complexity index is 37.3. The number of hydrogen-bond acceptors (Lipinski definition) is 0. The van der Waals surface area contributed by atoms with Crippen LogP contribution in [0.3, 0.4) is 0 Å². The Morgan fingerprint density at radius 3 is 1.67 bits per heavy atom. The lowest BCUT2D eigenvalue weighted by molar-refractivity contribution is 1.62. The van der Waals surface area contributed by atoms with Gasteiger partial charge in [0.2, 0.25) is 0 Å². The van der Waals surface area contributed by atoms with Gasteiger partial charge >= 0.3 is 0 Å². The normalized spacial score (nSPS) is 12.0. The molecule has 0 aliphatic rings. The molecule has 6 heavy (non-hydrogen) atoms. The average molecular weight is 122 g/mol. The van der Waals surface area contributed by atoms with Crippen LogP contribution in [0.15, 0.2) is 0 Å². The van der Waals surface area contributed by atoms with Crippen LogP contribution >= 0.6 is 11.1 Å². The number of hydrogen-bond donors (Lipinski definition) is 0. The minimum absolute atomic E-state index is 1.28. The lowest BCUT2D eigenvalue weighted by atomic mass is 11.0. The molecular weight excluding hydrogens is 112 g/mol. The molecule has 0 aliphatic heterocycles. The maximum atomic E-state index is 5.80. The average Bonchev–Trinajstić information content (AvgIpc) is 1.35. The summed E-state index contributed by atoms with van der Waals surface area (Å²) in [6.07, 6.45) is 0. The maximum Gasteiger partial charge on any atom is 0.153 e. The molecule has 2 heteroatoms. The minimum Gasteiger partial charge on any atom is -0.167 e. The minimum atomic E-state index is -1.28. The van der Waals surface area contributed by atoms with Crippen molar-refractivity contribution in [1.29, 1.82) is 0 Å². The fraction of sp³-hybridized carbons (Fsp3) is 0.750. The van der Waals surface area contributed by atoms with E-state index in [4.69, 9.17) is 11.1 Å². The van der Waals surface area contributed by atoms with Crippen LogP contribution in [0.4, 0.5) is 0 Å². The molecule has 0 aromatic rings. The first-order valence-electron chi connectivity index (χ1n) is 2.06. The molecule has 0 saturated carbocycles. The molecule has 0 spiro atoms. The predicted octanol–water partition coefficient (Wildman–Crippen LogP) is 2.19. The number of halogens is 1. The van der Waals surface area contributed by atoms with Crippen LogP contribution in [-0.2, 0) is 0 Å². The van der Waals surface area contributed by atoms with Crippen molar-refractivity contribution in [3.8, 4) is 0 Å². The van der Waals surface area contributed by atoms with E-state index in [-0.39, 0.29) is 0 Å². The predicted molar refractivity (Wildman–Crippen MR) is 33.3 cm³/mol. The second kappa shape index (κ2) is 1.98. The summed E-state index contributed by atoms with van der Waals surface area (Å²) < 4.78 is 0. The van der Waals surface area contributed by atoms with E-state index in [1.165, 1.54) is 0 Å². The second-order valence-electron chi connectivity index (χ2n) is 1.85. The standard InChI is InChI=1S/C4H10ClSi/c1-4-6(2,3)5/h4H,1-3H3. The van der Waals surface area contributed by atoms with Crippen LogP contribution in [0, 0.1) is 6.04 Å². The second-order valence-corrected chi connectivity index (χ2v) is 8.48. The van der Waals surface area contributed by atoms with Crippen molar-refractivity contribution in [2.24, 2.45) is 0 Å². The summed E-state index contributed by atoms with van der Waals surface area (Å²) in [6, 6.07) is 2.09. The molecule has 0 nitrogen and oxygen atoms in total. The Morgan fingerprint density at radius 2 is 1.67 bits per heavy atom. The fourth-order valence-corrected chi connectivity index (χ4v) is 0. The van der Waals surface area contributed by atoms with Gasteiger partial charge in [0.15, 0.2) is 7.38 Å². The van der Waals surface area contributed by atoms with Crippen molar-refractivity contribution in [2.75, 3.05) is 0 Å².